The van der Waals surface area contributed by atoms with Crippen LogP contribution in [0.3, 0.4) is 0 Å². The first-order chi connectivity index (χ1) is 15.8. The average Bonchev–Trinajstić information content (AvgIpc) is 3.05. The van der Waals surface area contributed by atoms with Crippen LogP contribution in [0.25, 0.3) is 0 Å². The second-order valence-electron chi connectivity index (χ2n) is 8.24. The van der Waals surface area contributed by atoms with E-state index in [-0.39, 0.29) is 29.3 Å². The monoisotopic (exact) mass is 462 g/mol. The Balaban J connectivity index is 1.33. The summed E-state index contributed by atoms with van der Waals surface area (Å²) in [7, 11) is -3.78. The fraction of sp³-hybridized carbons (Fsp3) is 0.200. The lowest BCUT2D eigenvalue weighted by Crippen LogP contribution is -2.32. The molecule has 168 valence electrons. The van der Waals surface area contributed by atoms with Crippen LogP contribution in [0.4, 0.5) is 0 Å². The third-order valence-corrected chi connectivity index (χ3v) is 7.44. The van der Waals surface area contributed by atoms with E-state index in [4.69, 9.17) is 4.74 Å². The molecule has 2 amide bonds. The van der Waals surface area contributed by atoms with Crippen LogP contribution in [0, 0.1) is 6.92 Å². The van der Waals surface area contributed by atoms with Gasteiger partial charge in [-0.05, 0) is 42.8 Å². The molecule has 0 bridgehead atoms. The molecule has 1 atom stereocenters. The van der Waals surface area contributed by atoms with E-state index in [1.807, 2.05) is 25.1 Å². The van der Waals surface area contributed by atoms with Crippen molar-refractivity contribution in [1.82, 2.24) is 9.62 Å². The van der Waals surface area contributed by atoms with Gasteiger partial charge < -0.3 is 4.74 Å². The highest BCUT2D eigenvalue weighted by Gasteiger charge is 2.35. The lowest BCUT2D eigenvalue weighted by molar-refractivity contribution is 0.0642. The zero-order chi connectivity index (χ0) is 23.2. The Hall–Kier alpha value is -3.49. The molecule has 0 aliphatic carbocycles. The van der Waals surface area contributed by atoms with Gasteiger partial charge in [-0.25, -0.2) is 13.1 Å². The SMILES string of the molecule is Cc1ccc2c(c1)C(NS(=O)(=O)c1ccc(CN3C(=O)c4ccccc4C3=O)cc1)CCO2. The summed E-state index contributed by atoms with van der Waals surface area (Å²) in [6, 6.07) is 18.3. The number of fused-ring (bicyclic) bond motifs is 2. The molecule has 3 aromatic carbocycles. The van der Waals surface area contributed by atoms with E-state index in [1.54, 1.807) is 36.4 Å². The maximum Gasteiger partial charge on any atom is 0.261 e. The molecule has 0 saturated carbocycles. The van der Waals surface area contributed by atoms with Gasteiger partial charge in [0.15, 0.2) is 0 Å². The van der Waals surface area contributed by atoms with Crippen molar-refractivity contribution in [3.8, 4) is 5.75 Å². The second kappa shape index (κ2) is 8.13. The van der Waals surface area contributed by atoms with Gasteiger partial charge in [-0.2, -0.15) is 0 Å². The number of imide groups is 1. The summed E-state index contributed by atoms with van der Waals surface area (Å²) in [6.07, 6.45) is 0.535. The summed E-state index contributed by atoms with van der Waals surface area (Å²) >= 11 is 0. The van der Waals surface area contributed by atoms with Crippen LogP contribution in [0.5, 0.6) is 5.75 Å². The molecular weight excluding hydrogens is 440 g/mol. The van der Waals surface area contributed by atoms with Crippen LogP contribution >= 0.6 is 0 Å². The summed E-state index contributed by atoms with van der Waals surface area (Å²) in [5.74, 6) is 0.000670. The van der Waals surface area contributed by atoms with Crippen LogP contribution in [-0.2, 0) is 16.6 Å². The fourth-order valence-corrected chi connectivity index (χ4v) is 5.48. The molecule has 1 unspecified atom stereocenters. The number of amides is 2. The maximum atomic E-state index is 13.0. The first-order valence-electron chi connectivity index (χ1n) is 10.6. The van der Waals surface area contributed by atoms with Crippen molar-refractivity contribution in [3.05, 3.63) is 94.5 Å². The molecule has 2 aliphatic heterocycles. The van der Waals surface area contributed by atoms with Crippen molar-refractivity contribution >= 4 is 21.8 Å². The largest absolute Gasteiger partial charge is 0.493 e. The van der Waals surface area contributed by atoms with E-state index >= 15 is 0 Å². The molecule has 2 heterocycles. The third-order valence-electron chi connectivity index (χ3n) is 5.95. The van der Waals surface area contributed by atoms with Gasteiger partial charge >= 0.3 is 0 Å². The van der Waals surface area contributed by atoms with E-state index in [1.165, 1.54) is 17.0 Å². The minimum atomic E-state index is -3.78. The highest BCUT2D eigenvalue weighted by Crippen LogP contribution is 2.34. The number of carbonyl (C=O) groups is 2. The van der Waals surface area contributed by atoms with Gasteiger partial charge in [0.2, 0.25) is 10.0 Å². The molecule has 5 rings (SSSR count). The number of carbonyl (C=O) groups excluding carboxylic acids is 2. The molecule has 0 radical (unpaired) electrons. The molecule has 33 heavy (non-hydrogen) atoms. The average molecular weight is 463 g/mol. The Morgan fingerprint density at radius 1 is 0.970 bits per heavy atom. The van der Waals surface area contributed by atoms with Crippen molar-refractivity contribution in [3.63, 3.8) is 0 Å². The standard InChI is InChI=1S/C25H22N2O5S/c1-16-6-11-23-21(14-16)22(12-13-32-23)26-33(30,31)18-9-7-17(8-10-18)15-27-24(28)19-4-2-3-5-20(19)25(27)29/h2-11,14,22,26H,12-13,15H2,1H3. The van der Waals surface area contributed by atoms with Gasteiger partial charge in [-0.15, -0.1) is 0 Å². The summed E-state index contributed by atoms with van der Waals surface area (Å²) in [4.78, 5) is 26.4. The van der Waals surface area contributed by atoms with Crippen LogP contribution in [-0.4, -0.2) is 31.7 Å². The quantitative estimate of drug-likeness (QED) is 0.585. The lowest BCUT2D eigenvalue weighted by atomic mass is 10.00. The van der Waals surface area contributed by atoms with Gasteiger partial charge in [-0.1, -0.05) is 42.0 Å². The zero-order valence-corrected chi connectivity index (χ0v) is 18.8. The number of ether oxygens (including phenoxy) is 1. The predicted molar refractivity (Wildman–Crippen MR) is 121 cm³/mol. The summed E-state index contributed by atoms with van der Waals surface area (Å²) in [5, 5.41) is 0. The molecule has 3 aromatic rings. The number of benzene rings is 3. The molecule has 7 nitrogen and oxygen atoms in total. The highest BCUT2D eigenvalue weighted by molar-refractivity contribution is 7.89. The number of aryl methyl sites for hydroxylation is 1. The maximum absolute atomic E-state index is 13.0. The van der Waals surface area contributed by atoms with Crippen LogP contribution in [0.15, 0.2) is 71.6 Å². The van der Waals surface area contributed by atoms with Crippen molar-refractivity contribution in [1.29, 1.82) is 0 Å². The highest BCUT2D eigenvalue weighted by atomic mass is 32.2. The van der Waals surface area contributed by atoms with Crippen LogP contribution < -0.4 is 9.46 Å². The topological polar surface area (TPSA) is 92.8 Å². The van der Waals surface area contributed by atoms with Crippen molar-refractivity contribution in [2.24, 2.45) is 0 Å². The number of nitrogens with zero attached hydrogens (tertiary/aromatic N) is 1. The molecule has 1 N–H and O–H groups in total. The lowest BCUT2D eigenvalue weighted by Gasteiger charge is -2.27. The summed E-state index contributed by atoms with van der Waals surface area (Å²) < 4.78 is 34.5. The third kappa shape index (κ3) is 3.92. The Morgan fingerprint density at radius 2 is 1.64 bits per heavy atom. The Bertz CT molecular complexity index is 1330. The van der Waals surface area contributed by atoms with Crippen molar-refractivity contribution in [2.75, 3.05) is 6.61 Å². The minimum absolute atomic E-state index is 0.0761. The molecule has 0 saturated heterocycles. The smallest absolute Gasteiger partial charge is 0.261 e. The predicted octanol–water partition coefficient (Wildman–Crippen LogP) is 3.59. The number of hydrogen-bond acceptors (Lipinski definition) is 5. The molecule has 2 aliphatic rings. The first kappa shape index (κ1) is 21.4. The van der Waals surface area contributed by atoms with Gasteiger partial charge in [0.05, 0.1) is 35.2 Å². The van der Waals surface area contributed by atoms with Crippen LogP contribution in [0.2, 0.25) is 0 Å². The summed E-state index contributed by atoms with van der Waals surface area (Å²) in [6.45, 7) is 2.46. The fourth-order valence-electron chi connectivity index (χ4n) is 4.23. The van der Waals surface area contributed by atoms with Crippen molar-refractivity contribution < 1.29 is 22.7 Å². The van der Waals surface area contributed by atoms with E-state index in [0.717, 1.165) is 11.1 Å². The Morgan fingerprint density at radius 3 is 2.30 bits per heavy atom. The number of hydrogen-bond donors (Lipinski definition) is 1. The van der Waals surface area contributed by atoms with Crippen LogP contribution in [0.1, 0.15) is 49.9 Å². The number of rotatable bonds is 5. The van der Waals surface area contributed by atoms with Gasteiger partial charge in [-0.3, -0.25) is 14.5 Å². The van der Waals surface area contributed by atoms with Crippen molar-refractivity contribution in [2.45, 2.75) is 30.8 Å². The second-order valence-corrected chi connectivity index (χ2v) is 9.95. The molecular formula is C25H22N2O5S. The zero-order valence-electron chi connectivity index (χ0n) is 17.9. The van der Waals surface area contributed by atoms with E-state index in [9.17, 15) is 18.0 Å². The first-order valence-corrected chi connectivity index (χ1v) is 12.1. The Kier molecular flexibility index (Phi) is 5.26. The van der Waals surface area contributed by atoms with Gasteiger partial charge in [0, 0.05) is 12.0 Å². The molecule has 0 spiro atoms. The number of sulfonamides is 1. The summed E-state index contributed by atoms with van der Waals surface area (Å²) in [5.41, 5.74) is 3.29. The molecule has 0 fully saturated rings. The number of nitrogens with one attached hydrogen (secondary N) is 1. The Labute approximate surface area is 192 Å². The molecule has 8 heteroatoms. The van der Waals surface area contributed by atoms with Gasteiger partial charge in [0.1, 0.15) is 5.75 Å². The van der Waals surface area contributed by atoms with Gasteiger partial charge in [0.25, 0.3) is 11.8 Å². The van der Waals surface area contributed by atoms with E-state index in [0.29, 0.717) is 35.5 Å². The minimum Gasteiger partial charge on any atom is -0.493 e. The normalized spacial score (nSPS) is 17.5. The molecule has 0 aromatic heterocycles. The van der Waals surface area contributed by atoms with E-state index < -0.39 is 10.0 Å². The van der Waals surface area contributed by atoms with E-state index in [2.05, 4.69) is 4.72 Å².